The number of aromatic hydroxyl groups is 1. The Kier molecular flexibility index (Phi) is 4.38. The summed E-state index contributed by atoms with van der Waals surface area (Å²) < 4.78 is 17.8. The van der Waals surface area contributed by atoms with Gasteiger partial charge >= 0.3 is 5.69 Å². The highest BCUT2D eigenvalue weighted by atomic mass is 16.7. The Morgan fingerprint density at radius 1 is 1.46 bits per heavy atom. The Hall–Kier alpha value is -3.20. The van der Waals surface area contributed by atoms with Gasteiger partial charge in [0.1, 0.15) is 11.6 Å². The zero-order valence-electron chi connectivity index (χ0n) is 15.7. The second-order valence-corrected chi connectivity index (χ2v) is 6.89. The van der Waals surface area contributed by atoms with Gasteiger partial charge in [0, 0.05) is 24.1 Å². The zero-order valence-corrected chi connectivity index (χ0v) is 15.7. The van der Waals surface area contributed by atoms with E-state index in [0.29, 0.717) is 30.2 Å². The van der Waals surface area contributed by atoms with E-state index in [2.05, 4.69) is 11.6 Å². The Labute approximate surface area is 160 Å². The lowest BCUT2D eigenvalue weighted by Gasteiger charge is -2.32. The maximum atomic E-state index is 12.7. The maximum Gasteiger partial charge on any atom is 0.331 e. The van der Waals surface area contributed by atoms with Crippen LogP contribution in [0.25, 0.3) is 0 Å². The number of likely N-dealkylation sites (N-methyl/N-ethyl adjacent to an activating group) is 1. The summed E-state index contributed by atoms with van der Waals surface area (Å²) in [4.78, 5) is 28.1. The molecule has 148 valence electrons. The van der Waals surface area contributed by atoms with Crippen LogP contribution in [-0.2, 0) is 13.0 Å². The van der Waals surface area contributed by atoms with Crippen molar-refractivity contribution in [3.05, 3.63) is 56.2 Å². The summed E-state index contributed by atoms with van der Waals surface area (Å²) >= 11 is 0. The fraction of sp³-hybridized carbons (Fsp3) is 0.368. The molecular formula is C19H22N3O6+. The van der Waals surface area contributed by atoms with Gasteiger partial charge in [-0.15, -0.1) is 6.58 Å². The third-order valence-electron chi connectivity index (χ3n) is 5.34. The Morgan fingerprint density at radius 3 is 2.96 bits per heavy atom. The number of aromatic amines is 1. The van der Waals surface area contributed by atoms with E-state index in [1.807, 2.05) is 13.1 Å². The van der Waals surface area contributed by atoms with E-state index >= 15 is 0 Å². The van der Waals surface area contributed by atoms with Crippen molar-refractivity contribution < 1.29 is 24.2 Å². The lowest BCUT2D eigenvalue weighted by molar-refractivity contribution is -0.908. The van der Waals surface area contributed by atoms with E-state index in [-0.39, 0.29) is 24.8 Å². The number of quaternary nitrogens is 1. The number of hydrogen-bond donors (Lipinski definition) is 3. The van der Waals surface area contributed by atoms with Crippen molar-refractivity contribution in [2.24, 2.45) is 0 Å². The highest BCUT2D eigenvalue weighted by molar-refractivity contribution is 5.62. The maximum absolute atomic E-state index is 12.7. The van der Waals surface area contributed by atoms with Gasteiger partial charge in [-0.1, -0.05) is 6.08 Å². The predicted octanol–water partition coefficient (Wildman–Crippen LogP) is -0.674. The zero-order chi connectivity index (χ0) is 20.0. The van der Waals surface area contributed by atoms with E-state index in [0.717, 1.165) is 20.6 Å². The molecule has 0 bridgehead atoms. The van der Waals surface area contributed by atoms with Crippen LogP contribution in [0, 0.1) is 0 Å². The molecule has 0 fully saturated rings. The van der Waals surface area contributed by atoms with E-state index in [1.165, 1.54) is 6.08 Å². The molecule has 3 N–H and O–H groups in total. The number of rotatable bonds is 4. The largest absolute Gasteiger partial charge is 0.494 e. The van der Waals surface area contributed by atoms with Crippen molar-refractivity contribution in [2.45, 2.75) is 19.0 Å². The molecule has 9 heteroatoms. The summed E-state index contributed by atoms with van der Waals surface area (Å²) in [6.45, 7) is 4.48. The van der Waals surface area contributed by atoms with Crippen LogP contribution < -0.4 is 30.4 Å². The summed E-state index contributed by atoms with van der Waals surface area (Å²) in [5, 5.41) is 10.8. The highest BCUT2D eigenvalue weighted by Gasteiger charge is 2.39. The fourth-order valence-electron chi connectivity index (χ4n) is 4.07. The number of benzene rings is 1. The highest BCUT2D eigenvalue weighted by Crippen LogP contribution is 2.47. The summed E-state index contributed by atoms with van der Waals surface area (Å²) in [5.41, 5.74) is 0.539. The summed E-state index contributed by atoms with van der Waals surface area (Å²) in [5.74, 6) is 1.31. The molecule has 1 unspecified atom stereocenters. The first-order chi connectivity index (χ1) is 13.5. The quantitative estimate of drug-likeness (QED) is 0.600. The molecule has 2 aliphatic heterocycles. The fourth-order valence-corrected chi connectivity index (χ4v) is 4.07. The molecule has 0 amide bonds. The van der Waals surface area contributed by atoms with Crippen LogP contribution in [0.5, 0.6) is 23.1 Å². The van der Waals surface area contributed by atoms with Gasteiger partial charge < -0.3 is 24.2 Å². The molecule has 1 aromatic carbocycles. The van der Waals surface area contributed by atoms with Gasteiger partial charge in [-0.3, -0.25) is 14.3 Å². The molecular weight excluding hydrogens is 366 g/mol. The standard InChI is InChI=1S/C19H21N3O6/c1-4-6-22-18(24)13(17(23)20-19(22)25)14-11-8-12-16(28-9-27-12)15(26-3)10(11)5-7-21(14)2/h4,8,14,24H,1,5-7,9H2,2-3H3,(H,20,23,25)/p+1/t14-/m1/s1. The van der Waals surface area contributed by atoms with E-state index in [4.69, 9.17) is 14.2 Å². The second-order valence-electron chi connectivity index (χ2n) is 6.89. The number of H-pyrrole nitrogens is 1. The molecule has 0 aliphatic carbocycles. The molecule has 0 radical (unpaired) electrons. The minimum absolute atomic E-state index is 0.0809. The lowest BCUT2D eigenvalue weighted by atomic mass is 9.88. The molecule has 28 heavy (non-hydrogen) atoms. The first kappa shape index (κ1) is 18.2. The molecule has 9 nitrogen and oxygen atoms in total. The number of methoxy groups -OCH3 is 1. The van der Waals surface area contributed by atoms with Gasteiger partial charge in [-0.25, -0.2) is 4.79 Å². The number of aromatic nitrogens is 2. The predicted molar refractivity (Wildman–Crippen MR) is 99.6 cm³/mol. The second kappa shape index (κ2) is 6.75. The van der Waals surface area contributed by atoms with Crippen molar-refractivity contribution in [1.82, 2.24) is 9.55 Å². The van der Waals surface area contributed by atoms with Crippen molar-refractivity contribution in [2.75, 3.05) is 27.5 Å². The van der Waals surface area contributed by atoms with Crippen molar-refractivity contribution in [1.29, 1.82) is 0 Å². The SMILES string of the molecule is C=CCn1c(O)c([C@H]2c3cc4c(c(OC)c3CC[NH+]2C)OCO4)c(=O)[nH]c1=O. The number of allylic oxidation sites excluding steroid dienone is 1. The van der Waals surface area contributed by atoms with Gasteiger partial charge in [0.25, 0.3) is 5.56 Å². The number of fused-ring (bicyclic) bond motifs is 2. The van der Waals surface area contributed by atoms with Gasteiger partial charge in [-0.2, -0.15) is 0 Å². The number of nitrogens with zero attached hydrogens (tertiary/aromatic N) is 1. The third-order valence-corrected chi connectivity index (χ3v) is 5.34. The minimum Gasteiger partial charge on any atom is -0.494 e. The molecule has 0 saturated heterocycles. The van der Waals surface area contributed by atoms with Gasteiger partial charge in [0.2, 0.25) is 18.4 Å². The number of hydrogen-bond acceptors (Lipinski definition) is 6. The van der Waals surface area contributed by atoms with Crippen LogP contribution in [0.1, 0.15) is 22.7 Å². The van der Waals surface area contributed by atoms with Gasteiger partial charge in [0.15, 0.2) is 11.5 Å². The van der Waals surface area contributed by atoms with Crippen LogP contribution in [0.3, 0.4) is 0 Å². The van der Waals surface area contributed by atoms with Crippen molar-refractivity contribution in [3.8, 4) is 23.1 Å². The number of ether oxygens (including phenoxy) is 3. The van der Waals surface area contributed by atoms with E-state index in [9.17, 15) is 14.7 Å². The molecule has 2 atom stereocenters. The average molecular weight is 388 g/mol. The van der Waals surface area contributed by atoms with Crippen LogP contribution >= 0.6 is 0 Å². The Bertz CT molecular complexity index is 1070. The normalized spacial score (nSPS) is 19.9. The monoisotopic (exact) mass is 388 g/mol. The smallest absolute Gasteiger partial charge is 0.331 e. The van der Waals surface area contributed by atoms with Crippen LogP contribution in [-0.4, -0.2) is 42.2 Å². The van der Waals surface area contributed by atoms with Crippen molar-refractivity contribution >= 4 is 0 Å². The molecule has 3 heterocycles. The van der Waals surface area contributed by atoms with Crippen molar-refractivity contribution in [3.63, 3.8) is 0 Å². The molecule has 0 saturated carbocycles. The van der Waals surface area contributed by atoms with E-state index < -0.39 is 17.3 Å². The minimum atomic E-state index is -0.678. The topological polar surface area (TPSA) is 107 Å². The summed E-state index contributed by atoms with van der Waals surface area (Å²) in [6.07, 6.45) is 2.19. The molecule has 2 aromatic rings. The molecule has 0 spiro atoms. The van der Waals surface area contributed by atoms with Crippen LogP contribution in [0.2, 0.25) is 0 Å². The number of nitrogens with one attached hydrogen (secondary N) is 2. The molecule has 1 aromatic heterocycles. The van der Waals surface area contributed by atoms with Gasteiger partial charge in [-0.05, 0) is 6.07 Å². The van der Waals surface area contributed by atoms with Crippen LogP contribution in [0.15, 0.2) is 28.3 Å². The Balaban J connectivity index is 1.99. The molecule has 2 aliphatic rings. The van der Waals surface area contributed by atoms with E-state index in [1.54, 1.807) is 7.11 Å². The van der Waals surface area contributed by atoms with Gasteiger partial charge in [0.05, 0.1) is 20.7 Å². The average Bonchev–Trinajstić information content (AvgIpc) is 3.13. The summed E-state index contributed by atoms with van der Waals surface area (Å²) in [7, 11) is 3.50. The third kappa shape index (κ3) is 2.58. The lowest BCUT2D eigenvalue weighted by Crippen LogP contribution is -3.10. The Morgan fingerprint density at radius 2 is 2.25 bits per heavy atom. The van der Waals surface area contributed by atoms with Crippen LogP contribution in [0.4, 0.5) is 0 Å². The first-order valence-corrected chi connectivity index (χ1v) is 8.96. The summed E-state index contributed by atoms with van der Waals surface area (Å²) in [6, 6.07) is 1.32. The first-order valence-electron chi connectivity index (χ1n) is 8.96. The molecule has 4 rings (SSSR count).